The van der Waals surface area contributed by atoms with Crippen molar-refractivity contribution < 1.29 is 4.79 Å². The van der Waals surface area contributed by atoms with Crippen molar-refractivity contribution in [1.82, 2.24) is 20.1 Å². The number of aromatic nitrogens is 3. The molecule has 0 fully saturated rings. The Balaban J connectivity index is 1.46. The van der Waals surface area contributed by atoms with Crippen LogP contribution in [0.1, 0.15) is 43.9 Å². The molecule has 3 aromatic rings. The van der Waals surface area contributed by atoms with Crippen molar-refractivity contribution in [2.75, 3.05) is 0 Å². The lowest BCUT2D eigenvalue weighted by atomic mass is 9.88. The fourth-order valence-corrected chi connectivity index (χ4v) is 5.29. The molecule has 2 atom stereocenters. The fraction of sp³-hybridized carbons (Fsp3) is 0.381. The van der Waals surface area contributed by atoms with Gasteiger partial charge in [-0.1, -0.05) is 42.1 Å². The van der Waals surface area contributed by atoms with Crippen LogP contribution in [0.25, 0.3) is 10.7 Å². The van der Waals surface area contributed by atoms with E-state index in [-0.39, 0.29) is 17.2 Å². The molecule has 4 rings (SSSR count). The smallest absolute Gasteiger partial charge is 0.233 e. The first kappa shape index (κ1) is 19.2. The summed E-state index contributed by atoms with van der Waals surface area (Å²) in [5, 5.41) is 14.6. The van der Waals surface area contributed by atoms with Gasteiger partial charge in [0, 0.05) is 6.54 Å². The van der Waals surface area contributed by atoms with Crippen LogP contribution in [-0.2, 0) is 17.8 Å². The van der Waals surface area contributed by atoms with Crippen LogP contribution < -0.4 is 5.32 Å². The van der Waals surface area contributed by atoms with E-state index in [9.17, 15) is 4.79 Å². The summed E-state index contributed by atoms with van der Waals surface area (Å²) in [4.78, 5) is 14.0. The maximum absolute atomic E-state index is 12.9. The van der Waals surface area contributed by atoms with Crippen molar-refractivity contribution in [2.24, 2.45) is 0 Å². The number of thiophene rings is 1. The summed E-state index contributed by atoms with van der Waals surface area (Å²) >= 11 is 3.12. The first-order valence-electron chi connectivity index (χ1n) is 9.69. The number of hydrogen-bond acceptors (Lipinski definition) is 5. The van der Waals surface area contributed by atoms with Gasteiger partial charge in [0.1, 0.15) is 0 Å². The minimum Gasteiger partial charge on any atom is -0.348 e. The van der Waals surface area contributed by atoms with E-state index in [1.54, 1.807) is 11.3 Å². The van der Waals surface area contributed by atoms with Gasteiger partial charge < -0.3 is 9.88 Å². The van der Waals surface area contributed by atoms with Crippen LogP contribution in [0.4, 0.5) is 0 Å². The standard InChI is InChI=1S/C21H24N4OS2/c1-3-25-19(18-12-7-13-27-18)23-24-21(25)28-14(2)20(26)22-17-11-6-9-15-8-4-5-10-16(15)17/h4-5,7-8,10,12-14,17H,3,6,9,11H2,1-2H3,(H,22,26)/t14-,17-/m1/s1. The number of carbonyl (C=O) groups excluding carboxylic acids is 1. The number of aryl methyl sites for hydroxylation is 1. The summed E-state index contributed by atoms with van der Waals surface area (Å²) in [6, 6.07) is 12.6. The summed E-state index contributed by atoms with van der Waals surface area (Å²) in [5.74, 6) is 0.920. The summed E-state index contributed by atoms with van der Waals surface area (Å²) in [6.45, 7) is 4.79. The van der Waals surface area contributed by atoms with Crippen LogP contribution in [0.2, 0.25) is 0 Å². The molecule has 1 aromatic carbocycles. The molecule has 146 valence electrons. The first-order valence-corrected chi connectivity index (χ1v) is 11.4. The molecule has 0 aliphatic heterocycles. The minimum atomic E-state index is -0.236. The van der Waals surface area contributed by atoms with Gasteiger partial charge in [0.25, 0.3) is 0 Å². The molecular weight excluding hydrogens is 388 g/mol. The number of thioether (sulfide) groups is 1. The van der Waals surface area contributed by atoms with Gasteiger partial charge in [0.2, 0.25) is 5.91 Å². The van der Waals surface area contributed by atoms with Crippen molar-refractivity contribution in [3.8, 4) is 10.7 Å². The molecule has 2 aromatic heterocycles. The Hall–Kier alpha value is -2.12. The number of carbonyl (C=O) groups is 1. The summed E-state index contributed by atoms with van der Waals surface area (Å²) in [5.41, 5.74) is 2.61. The zero-order valence-corrected chi connectivity index (χ0v) is 17.7. The molecule has 5 nitrogen and oxygen atoms in total. The predicted octanol–water partition coefficient (Wildman–Crippen LogP) is 4.70. The largest absolute Gasteiger partial charge is 0.348 e. The number of nitrogens with one attached hydrogen (secondary N) is 1. The highest BCUT2D eigenvalue weighted by atomic mass is 32.2. The Morgan fingerprint density at radius 2 is 2.18 bits per heavy atom. The lowest BCUT2D eigenvalue weighted by Crippen LogP contribution is -2.36. The third kappa shape index (κ3) is 3.86. The normalized spacial score (nSPS) is 17.1. The number of nitrogens with zero attached hydrogens (tertiary/aromatic N) is 3. The molecule has 1 aliphatic rings. The predicted molar refractivity (Wildman–Crippen MR) is 115 cm³/mol. The van der Waals surface area contributed by atoms with Crippen LogP contribution >= 0.6 is 23.1 Å². The van der Waals surface area contributed by atoms with Gasteiger partial charge in [-0.3, -0.25) is 4.79 Å². The van der Waals surface area contributed by atoms with E-state index in [1.807, 2.05) is 24.4 Å². The van der Waals surface area contributed by atoms with Gasteiger partial charge in [-0.05, 0) is 55.7 Å². The van der Waals surface area contributed by atoms with E-state index in [1.165, 1.54) is 22.9 Å². The third-order valence-electron chi connectivity index (χ3n) is 5.11. The van der Waals surface area contributed by atoms with Crippen LogP contribution in [0.5, 0.6) is 0 Å². The topological polar surface area (TPSA) is 59.8 Å². The number of fused-ring (bicyclic) bond motifs is 1. The minimum absolute atomic E-state index is 0.0510. The highest BCUT2D eigenvalue weighted by Crippen LogP contribution is 2.32. The average Bonchev–Trinajstić information content (AvgIpc) is 3.37. The molecule has 1 N–H and O–H groups in total. The number of amides is 1. The van der Waals surface area contributed by atoms with E-state index in [4.69, 9.17) is 0 Å². The van der Waals surface area contributed by atoms with Crippen molar-refractivity contribution in [3.05, 3.63) is 52.9 Å². The number of rotatable bonds is 6. The zero-order chi connectivity index (χ0) is 19.5. The van der Waals surface area contributed by atoms with E-state index < -0.39 is 0 Å². The molecule has 7 heteroatoms. The Labute approximate surface area is 173 Å². The lowest BCUT2D eigenvalue weighted by Gasteiger charge is -2.27. The van der Waals surface area contributed by atoms with E-state index in [0.29, 0.717) is 0 Å². The van der Waals surface area contributed by atoms with Crippen LogP contribution in [0, 0.1) is 0 Å². The highest BCUT2D eigenvalue weighted by molar-refractivity contribution is 8.00. The van der Waals surface area contributed by atoms with E-state index >= 15 is 0 Å². The lowest BCUT2D eigenvalue weighted by molar-refractivity contribution is -0.121. The molecule has 0 radical (unpaired) electrons. The molecule has 0 bridgehead atoms. The molecule has 1 amide bonds. The van der Waals surface area contributed by atoms with Gasteiger partial charge in [-0.2, -0.15) is 0 Å². The molecule has 1 aliphatic carbocycles. The molecule has 2 heterocycles. The second-order valence-corrected chi connectivity index (χ2v) is 9.20. The van der Waals surface area contributed by atoms with Crippen molar-refractivity contribution in [1.29, 1.82) is 0 Å². The quantitative estimate of drug-likeness (QED) is 0.596. The van der Waals surface area contributed by atoms with E-state index in [2.05, 4.69) is 51.3 Å². The summed E-state index contributed by atoms with van der Waals surface area (Å²) in [6.07, 6.45) is 3.20. The van der Waals surface area contributed by atoms with Gasteiger partial charge >= 0.3 is 0 Å². The van der Waals surface area contributed by atoms with Crippen LogP contribution in [-0.4, -0.2) is 25.9 Å². The highest BCUT2D eigenvalue weighted by Gasteiger charge is 2.25. The van der Waals surface area contributed by atoms with Crippen LogP contribution in [0.3, 0.4) is 0 Å². The molecule has 0 spiro atoms. The van der Waals surface area contributed by atoms with Crippen molar-refractivity contribution >= 4 is 29.0 Å². The molecule has 28 heavy (non-hydrogen) atoms. The van der Waals surface area contributed by atoms with Crippen molar-refractivity contribution in [3.63, 3.8) is 0 Å². The van der Waals surface area contributed by atoms with E-state index in [0.717, 1.165) is 41.7 Å². The summed E-state index contributed by atoms with van der Waals surface area (Å²) < 4.78 is 2.08. The first-order chi connectivity index (χ1) is 13.7. The molecule has 0 unspecified atom stereocenters. The van der Waals surface area contributed by atoms with Gasteiger partial charge in [-0.25, -0.2) is 0 Å². The second-order valence-electron chi connectivity index (χ2n) is 6.94. The Kier molecular flexibility index (Phi) is 5.82. The zero-order valence-electron chi connectivity index (χ0n) is 16.1. The average molecular weight is 413 g/mol. The number of benzene rings is 1. The third-order valence-corrected chi connectivity index (χ3v) is 7.06. The SMILES string of the molecule is CCn1c(S[C@H](C)C(=O)N[C@@H]2CCCc3ccccc32)nnc1-c1cccs1. The summed E-state index contributed by atoms with van der Waals surface area (Å²) in [7, 11) is 0. The van der Waals surface area contributed by atoms with Gasteiger partial charge in [0.05, 0.1) is 16.2 Å². The molecule has 0 saturated heterocycles. The van der Waals surface area contributed by atoms with Crippen molar-refractivity contribution in [2.45, 2.75) is 56.1 Å². The monoisotopic (exact) mass is 412 g/mol. The van der Waals surface area contributed by atoms with Gasteiger partial charge in [0.15, 0.2) is 11.0 Å². The van der Waals surface area contributed by atoms with Crippen LogP contribution in [0.15, 0.2) is 46.9 Å². The second kappa shape index (κ2) is 8.49. The molecule has 0 saturated carbocycles. The maximum atomic E-state index is 12.9. The number of hydrogen-bond donors (Lipinski definition) is 1. The maximum Gasteiger partial charge on any atom is 0.233 e. The molecular formula is C21H24N4OS2. The van der Waals surface area contributed by atoms with Gasteiger partial charge in [-0.15, -0.1) is 21.5 Å². The Morgan fingerprint density at radius 1 is 1.32 bits per heavy atom. The fourth-order valence-electron chi connectivity index (χ4n) is 3.65. The Morgan fingerprint density at radius 3 is 2.96 bits per heavy atom. The Bertz CT molecular complexity index is 951.